The van der Waals surface area contributed by atoms with Crippen molar-refractivity contribution in [3.8, 4) is 11.5 Å². The summed E-state index contributed by atoms with van der Waals surface area (Å²) < 4.78 is 12.2. The summed E-state index contributed by atoms with van der Waals surface area (Å²) in [5.74, 6) is 0.368. The van der Waals surface area contributed by atoms with Crippen LogP contribution in [0.5, 0.6) is 11.5 Å². The third-order valence-electron chi connectivity index (χ3n) is 4.73. The average Bonchev–Trinajstić information content (AvgIpc) is 2.72. The van der Waals surface area contributed by atoms with Crippen LogP contribution >= 0.6 is 0 Å². The van der Waals surface area contributed by atoms with Crippen LogP contribution in [0.25, 0.3) is 0 Å². The molecule has 0 amide bonds. The average molecular weight is 390 g/mol. The van der Waals surface area contributed by atoms with Gasteiger partial charge in [0.2, 0.25) is 0 Å². The largest absolute Gasteiger partial charge is 0.485 e. The van der Waals surface area contributed by atoms with E-state index in [1.165, 1.54) is 0 Å². The molecule has 0 saturated carbocycles. The van der Waals surface area contributed by atoms with E-state index in [2.05, 4.69) is 0 Å². The summed E-state index contributed by atoms with van der Waals surface area (Å²) in [5, 5.41) is 9.55. The zero-order valence-corrected chi connectivity index (χ0v) is 16.8. The second kappa shape index (κ2) is 9.28. The minimum Gasteiger partial charge on any atom is -0.485 e. The Bertz CT molecular complexity index is 934. The molecule has 0 bridgehead atoms. The molecule has 0 aliphatic heterocycles. The molecule has 1 N–H and O–H groups in total. The van der Waals surface area contributed by atoms with Crippen LogP contribution in [0, 0.1) is 5.41 Å². The molecule has 0 atom stereocenters. The highest BCUT2D eigenvalue weighted by atomic mass is 16.5. The van der Waals surface area contributed by atoms with E-state index in [9.17, 15) is 9.90 Å². The fourth-order valence-corrected chi connectivity index (χ4v) is 2.99. The summed E-state index contributed by atoms with van der Waals surface area (Å²) in [6.07, 6.45) is 0.342. The maximum atomic E-state index is 11.6. The number of aliphatic carboxylic acids is 1. The molecule has 150 valence electrons. The summed E-state index contributed by atoms with van der Waals surface area (Å²) in [6, 6.07) is 25.4. The highest BCUT2D eigenvalue weighted by molar-refractivity contribution is 5.74. The standard InChI is InChI=1S/C25H26O4/c1-25(2,24(26)27)16-21-14-9-15-22(28-17-19-10-5-3-6-11-19)23(21)29-18-20-12-7-4-8-13-20/h3-15H,16-18H2,1-2H3,(H,26,27). The monoisotopic (exact) mass is 390 g/mol. The van der Waals surface area contributed by atoms with Gasteiger partial charge in [0.05, 0.1) is 5.41 Å². The number of carbonyl (C=O) groups is 1. The van der Waals surface area contributed by atoms with Gasteiger partial charge in [0.1, 0.15) is 13.2 Å². The molecule has 3 aromatic rings. The number of hydrogen-bond acceptors (Lipinski definition) is 3. The van der Waals surface area contributed by atoms with Gasteiger partial charge in [-0.05, 0) is 43.0 Å². The first kappa shape index (κ1) is 20.5. The minimum absolute atomic E-state index is 0.342. The Labute approximate surface area is 171 Å². The number of hydrogen-bond donors (Lipinski definition) is 1. The van der Waals surface area contributed by atoms with Crippen LogP contribution in [0.1, 0.15) is 30.5 Å². The normalized spacial score (nSPS) is 11.1. The molecular formula is C25H26O4. The molecule has 0 heterocycles. The first-order chi connectivity index (χ1) is 14.0. The molecule has 3 aromatic carbocycles. The first-order valence-electron chi connectivity index (χ1n) is 9.64. The number of rotatable bonds is 9. The van der Waals surface area contributed by atoms with Crippen molar-refractivity contribution in [1.29, 1.82) is 0 Å². The Morgan fingerprint density at radius 2 is 1.34 bits per heavy atom. The summed E-state index contributed by atoms with van der Waals surface area (Å²) in [7, 11) is 0. The smallest absolute Gasteiger partial charge is 0.309 e. The molecule has 0 aliphatic carbocycles. The highest BCUT2D eigenvalue weighted by Gasteiger charge is 2.29. The van der Waals surface area contributed by atoms with Gasteiger partial charge in [-0.25, -0.2) is 0 Å². The molecule has 0 unspecified atom stereocenters. The van der Waals surface area contributed by atoms with Gasteiger partial charge in [0, 0.05) is 0 Å². The summed E-state index contributed by atoms with van der Waals surface area (Å²) in [5.41, 5.74) is 1.99. The van der Waals surface area contributed by atoms with E-state index in [1.807, 2.05) is 78.9 Å². The third-order valence-corrected chi connectivity index (χ3v) is 4.73. The summed E-state index contributed by atoms with van der Waals surface area (Å²) in [6.45, 7) is 4.23. The number of carboxylic acids is 1. The van der Waals surface area contributed by atoms with Crippen molar-refractivity contribution in [1.82, 2.24) is 0 Å². The van der Waals surface area contributed by atoms with Crippen LogP contribution in [0.3, 0.4) is 0 Å². The van der Waals surface area contributed by atoms with Gasteiger partial charge in [0.15, 0.2) is 11.5 Å². The molecule has 0 fully saturated rings. The predicted octanol–water partition coefficient (Wildman–Crippen LogP) is 5.50. The zero-order chi connectivity index (χ0) is 20.7. The molecule has 4 heteroatoms. The zero-order valence-electron chi connectivity index (χ0n) is 16.8. The van der Waals surface area contributed by atoms with Gasteiger partial charge in [-0.1, -0.05) is 72.8 Å². The van der Waals surface area contributed by atoms with Crippen molar-refractivity contribution in [2.24, 2.45) is 5.41 Å². The van der Waals surface area contributed by atoms with Gasteiger partial charge in [-0.15, -0.1) is 0 Å². The van der Waals surface area contributed by atoms with Crippen molar-refractivity contribution < 1.29 is 19.4 Å². The van der Waals surface area contributed by atoms with Crippen LogP contribution < -0.4 is 9.47 Å². The van der Waals surface area contributed by atoms with Crippen molar-refractivity contribution >= 4 is 5.97 Å². The Balaban J connectivity index is 1.86. The van der Waals surface area contributed by atoms with Crippen LogP contribution in [-0.4, -0.2) is 11.1 Å². The lowest BCUT2D eigenvalue weighted by Crippen LogP contribution is -2.26. The Morgan fingerprint density at radius 1 is 0.793 bits per heavy atom. The van der Waals surface area contributed by atoms with Crippen LogP contribution in [0.15, 0.2) is 78.9 Å². The fraction of sp³-hybridized carbons (Fsp3) is 0.240. The van der Waals surface area contributed by atoms with E-state index in [4.69, 9.17) is 9.47 Å². The molecule has 3 rings (SSSR count). The summed E-state index contributed by atoms with van der Waals surface area (Å²) >= 11 is 0. The first-order valence-corrected chi connectivity index (χ1v) is 9.64. The van der Waals surface area contributed by atoms with Gasteiger partial charge < -0.3 is 14.6 Å². The highest BCUT2D eigenvalue weighted by Crippen LogP contribution is 2.36. The molecular weight excluding hydrogens is 364 g/mol. The van der Waals surface area contributed by atoms with Gasteiger partial charge >= 0.3 is 5.97 Å². The molecule has 0 radical (unpaired) electrons. The van der Waals surface area contributed by atoms with Crippen LogP contribution in [0.4, 0.5) is 0 Å². The molecule has 4 nitrogen and oxygen atoms in total. The fourth-order valence-electron chi connectivity index (χ4n) is 2.99. The van der Waals surface area contributed by atoms with Gasteiger partial charge in [-0.3, -0.25) is 4.79 Å². The van der Waals surface area contributed by atoms with Crippen molar-refractivity contribution in [2.75, 3.05) is 0 Å². The van der Waals surface area contributed by atoms with E-state index >= 15 is 0 Å². The lowest BCUT2D eigenvalue weighted by Gasteiger charge is -2.22. The Kier molecular flexibility index (Phi) is 6.55. The topological polar surface area (TPSA) is 55.8 Å². The second-order valence-corrected chi connectivity index (χ2v) is 7.66. The van der Waals surface area contributed by atoms with Crippen molar-refractivity contribution in [2.45, 2.75) is 33.5 Å². The summed E-state index contributed by atoms with van der Waals surface area (Å²) in [4.78, 5) is 11.6. The predicted molar refractivity (Wildman–Crippen MR) is 113 cm³/mol. The second-order valence-electron chi connectivity index (χ2n) is 7.66. The number of carboxylic acid groups (broad SMARTS) is 1. The lowest BCUT2D eigenvalue weighted by atomic mass is 9.85. The van der Waals surface area contributed by atoms with Crippen LogP contribution in [-0.2, 0) is 24.4 Å². The SMILES string of the molecule is CC(C)(Cc1cccc(OCc2ccccc2)c1OCc1ccccc1)C(=O)O. The van der Waals surface area contributed by atoms with E-state index < -0.39 is 11.4 Å². The molecule has 0 spiro atoms. The van der Waals surface area contributed by atoms with Crippen molar-refractivity contribution in [3.63, 3.8) is 0 Å². The van der Waals surface area contributed by atoms with E-state index in [0.29, 0.717) is 31.1 Å². The van der Waals surface area contributed by atoms with E-state index in [0.717, 1.165) is 16.7 Å². The van der Waals surface area contributed by atoms with Gasteiger partial charge in [0.25, 0.3) is 0 Å². The quantitative estimate of drug-likeness (QED) is 0.524. The van der Waals surface area contributed by atoms with Crippen molar-refractivity contribution in [3.05, 3.63) is 95.6 Å². The third kappa shape index (κ3) is 5.61. The van der Waals surface area contributed by atoms with E-state index in [-0.39, 0.29) is 0 Å². The van der Waals surface area contributed by atoms with E-state index in [1.54, 1.807) is 13.8 Å². The molecule has 29 heavy (non-hydrogen) atoms. The maximum Gasteiger partial charge on any atom is 0.309 e. The van der Waals surface area contributed by atoms with Crippen LogP contribution in [0.2, 0.25) is 0 Å². The molecule has 0 aromatic heterocycles. The number of ether oxygens (including phenoxy) is 2. The molecule has 0 saturated heterocycles. The Morgan fingerprint density at radius 3 is 1.90 bits per heavy atom. The Hall–Kier alpha value is -3.27. The minimum atomic E-state index is -0.914. The maximum absolute atomic E-state index is 11.6. The van der Waals surface area contributed by atoms with Gasteiger partial charge in [-0.2, -0.15) is 0 Å². The number of para-hydroxylation sites is 1. The lowest BCUT2D eigenvalue weighted by molar-refractivity contribution is -0.146. The molecule has 0 aliphatic rings. The number of benzene rings is 3.